The number of rotatable bonds is 4. The Kier molecular flexibility index (Phi) is 5.16. The van der Waals surface area contributed by atoms with E-state index in [4.69, 9.17) is 10.9 Å². The quantitative estimate of drug-likeness (QED) is 0.284. The lowest BCUT2D eigenvalue weighted by Gasteiger charge is -2.26. The molecular formula is C11H21N3O4S. The first-order chi connectivity index (χ1) is 8.76. The van der Waals surface area contributed by atoms with Gasteiger partial charge in [0, 0.05) is 6.04 Å². The fourth-order valence-electron chi connectivity index (χ4n) is 2.17. The van der Waals surface area contributed by atoms with Crippen molar-refractivity contribution in [3.05, 3.63) is 0 Å². The molecule has 0 spiro atoms. The van der Waals surface area contributed by atoms with Gasteiger partial charge >= 0.3 is 0 Å². The summed E-state index contributed by atoms with van der Waals surface area (Å²) >= 11 is 0. The molecule has 1 fully saturated rings. The highest BCUT2D eigenvalue weighted by molar-refractivity contribution is 7.91. The Hall–Kier alpha value is -1.31. The predicted molar refractivity (Wildman–Crippen MR) is 71.6 cm³/mol. The minimum absolute atomic E-state index is 0.0911. The molecule has 0 aromatic heterocycles. The zero-order valence-corrected chi connectivity index (χ0v) is 12.0. The van der Waals surface area contributed by atoms with Gasteiger partial charge < -0.3 is 16.3 Å². The molecule has 7 nitrogen and oxygen atoms in total. The van der Waals surface area contributed by atoms with Gasteiger partial charge in [0.15, 0.2) is 5.84 Å². The monoisotopic (exact) mass is 291 g/mol. The van der Waals surface area contributed by atoms with Gasteiger partial charge in [0.1, 0.15) is 15.8 Å². The first kappa shape index (κ1) is 15.7. The number of hydrogen-bond acceptors (Lipinski definition) is 5. The van der Waals surface area contributed by atoms with Crippen LogP contribution in [0.2, 0.25) is 0 Å². The second kappa shape index (κ2) is 6.23. The van der Waals surface area contributed by atoms with E-state index in [1.165, 1.54) is 0 Å². The van der Waals surface area contributed by atoms with Crippen molar-refractivity contribution in [3.8, 4) is 0 Å². The van der Waals surface area contributed by atoms with E-state index in [0.29, 0.717) is 12.8 Å². The topological polar surface area (TPSA) is 122 Å². The highest BCUT2D eigenvalue weighted by atomic mass is 32.2. The molecule has 1 atom stereocenters. The molecule has 8 heteroatoms. The summed E-state index contributed by atoms with van der Waals surface area (Å²) < 4.78 is 22.6. The smallest absolute Gasteiger partial charge is 0.231 e. The molecule has 1 unspecified atom stereocenters. The van der Waals surface area contributed by atoms with E-state index in [1.54, 1.807) is 13.8 Å². The first-order valence-electron chi connectivity index (χ1n) is 6.25. The third-order valence-corrected chi connectivity index (χ3v) is 5.00. The van der Waals surface area contributed by atoms with Crippen LogP contribution in [-0.4, -0.2) is 42.9 Å². The van der Waals surface area contributed by atoms with Gasteiger partial charge in [-0.1, -0.05) is 19.0 Å². The number of carbonyl (C=O) groups is 1. The molecule has 1 saturated heterocycles. The zero-order chi connectivity index (χ0) is 14.6. The second-order valence-corrected chi connectivity index (χ2v) is 7.48. The first-order valence-corrected chi connectivity index (χ1v) is 8.07. The lowest BCUT2D eigenvalue weighted by molar-refractivity contribution is -0.124. The number of amidine groups is 1. The van der Waals surface area contributed by atoms with E-state index in [9.17, 15) is 13.2 Å². The summed E-state index contributed by atoms with van der Waals surface area (Å²) in [4.78, 5) is 12.1. The molecule has 0 bridgehead atoms. The van der Waals surface area contributed by atoms with Crippen LogP contribution >= 0.6 is 0 Å². The fourth-order valence-corrected chi connectivity index (χ4v) is 3.66. The lowest BCUT2D eigenvalue weighted by Crippen LogP contribution is -2.48. The second-order valence-electron chi connectivity index (χ2n) is 5.18. The van der Waals surface area contributed by atoms with Crippen LogP contribution in [0, 0.1) is 11.8 Å². The molecule has 0 aromatic rings. The lowest BCUT2D eigenvalue weighted by atomic mass is 9.93. The summed E-state index contributed by atoms with van der Waals surface area (Å²) in [6.45, 7) is 3.60. The minimum atomic E-state index is -2.95. The highest BCUT2D eigenvalue weighted by Gasteiger charge is 2.30. The van der Waals surface area contributed by atoms with Crippen molar-refractivity contribution in [1.82, 2.24) is 5.32 Å². The number of carbonyl (C=O) groups excluding carboxylic acids is 1. The van der Waals surface area contributed by atoms with Gasteiger partial charge in [-0.25, -0.2) is 8.42 Å². The minimum Gasteiger partial charge on any atom is -0.409 e. The number of nitrogens with one attached hydrogen (secondary N) is 1. The Morgan fingerprint density at radius 3 is 2.32 bits per heavy atom. The standard InChI is InChI=1S/C11H21N3O4S/c1-7(2)9(10(12)14-16)11(15)13-8-3-5-19(17,18)6-4-8/h7-9,16H,3-6H2,1-2H3,(H2,12,14)(H,13,15). The summed E-state index contributed by atoms with van der Waals surface area (Å²) in [6.07, 6.45) is 0.824. The van der Waals surface area contributed by atoms with E-state index >= 15 is 0 Å². The molecular weight excluding hydrogens is 270 g/mol. The molecule has 1 amide bonds. The van der Waals surface area contributed by atoms with Crippen LogP contribution < -0.4 is 11.1 Å². The highest BCUT2D eigenvalue weighted by Crippen LogP contribution is 2.16. The van der Waals surface area contributed by atoms with Gasteiger partial charge in [-0.3, -0.25) is 4.79 Å². The molecule has 0 saturated carbocycles. The van der Waals surface area contributed by atoms with Crippen LogP contribution in [-0.2, 0) is 14.6 Å². The molecule has 0 radical (unpaired) electrons. The van der Waals surface area contributed by atoms with Crippen molar-refractivity contribution >= 4 is 21.6 Å². The summed E-state index contributed by atoms with van der Waals surface area (Å²) in [7, 11) is -2.95. The normalized spacial score (nSPS) is 22.2. The van der Waals surface area contributed by atoms with Crippen molar-refractivity contribution in [1.29, 1.82) is 0 Å². The maximum Gasteiger partial charge on any atom is 0.231 e. The van der Waals surface area contributed by atoms with Crippen LogP contribution in [0.25, 0.3) is 0 Å². The van der Waals surface area contributed by atoms with Gasteiger partial charge in [0.25, 0.3) is 0 Å². The van der Waals surface area contributed by atoms with Crippen molar-refractivity contribution in [3.63, 3.8) is 0 Å². The number of hydrogen-bond donors (Lipinski definition) is 3. The maximum atomic E-state index is 12.1. The third-order valence-electron chi connectivity index (χ3n) is 3.28. The summed E-state index contributed by atoms with van der Waals surface area (Å²) in [5.74, 6) is -1.08. The molecule has 110 valence electrons. The summed E-state index contributed by atoms with van der Waals surface area (Å²) in [6, 6.07) is -0.163. The van der Waals surface area contributed by atoms with Crippen molar-refractivity contribution in [2.75, 3.05) is 11.5 Å². The van der Waals surface area contributed by atoms with E-state index in [0.717, 1.165) is 0 Å². The van der Waals surface area contributed by atoms with E-state index in [1.807, 2.05) is 0 Å². The Balaban J connectivity index is 2.64. The number of nitrogens with two attached hydrogens (primary N) is 1. The molecule has 19 heavy (non-hydrogen) atoms. The van der Waals surface area contributed by atoms with Crippen molar-refractivity contribution in [2.24, 2.45) is 22.7 Å². The number of nitrogens with zero attached hydrogens (tertiary/aromatic N) is 1. The average molecular weight is 291 g/mol. The van der Waals surface area contributed by atoms with Crippen LogP contribution in [0.15, 0.2) is 5.16 Å². The molecule has 1 aliphatic heterocycles. The molecule has 1 aliphatic rings. The number of oxime groups is 1. The molecule has 1 rings (SSSR count). The molecule has 1 heterocycles. The maximum absolute atomic E-state index is 12.1. The Morgan fingerprint density at radius 2 is 1.89 bits per heavy atom. The summed E-state index contributed by atoms with van der Waals surface area (Å²) in [5.41, 5.74) is 5.51. The fraction of sp³-hybridized carbons (Fsp3) is 0.818. The molecule has 0 aliphatic carbocycles. The van der Waals surface area contributed by atoms with Gasteiger partial charge in [0.05, 0.1) is 11.5 Å². The van der Waals surface area contributed by atoms with Crippen molar-refractivity contribution < 1.29 is 18.4 Å². The molecule has 0 aromatic carbocycles. The number of amides is 1. The van der Waals surface area contributed by atoms with Crippen LogP contribution in [0.4, 0.5) is 0 Å². The molecule has 4 N–H and O–H groups in total. The Morgan fingerprint density at radius 1 is 1.37 bits per heavy atom. The Labute approximate surface area is 113 Å². The van der Waals surface area contributed by atoms with Gasteiger partial charge in [-0.2, -0.15) is 0 Å². The van der Waals surface area contributed by atoms with Gasteiger partial charge in [-0.05, 0) is 18.8 Å². The van der Waals surface area contributed by atoms with Crippen molar-refractivity contribution in [2.45, 2.75) is 32.7 Å². The zero-order valence-electron chi connectivity index (χ0n) is 11.2. The average Bonchev–Trinajstić information content (AvgIpc) is 2.31. The van der Waals surface area contributed by atoms with Crippen LogP contribution in [0.3, 0.4) is 0 Å². The predicted octanol–water partition coefficient (Wildman–Crippen LogP) is -0.302. The van der Waals surface area contributed by atoms with Gasteiger partial charge in [0.2, 0.25) is 5.91 Å². The van der Waals surface area contributed by atoms with E-state index in [-0.39, 0.29) is 35.2 Å². The summed E-state index contributed by atoms with van der Waals surface area (Å²) in [5, 5.41) is 14.3. The van der Waals surface area contributed by atoms with E-state index < -0.39 is 15.8 Å². The SMILES string of the molecule is CC(C)C(C(=O)NC1CCS(=O)(=O)CC1)C(N)=NO. The van der Waals surface area contributed by atoms with Crippen LogP contribution in [0.5, 0.6) is 0 Å². The Bertz CT molecular complexity index is 445. The number of sulfone groups is 1. The largest absolute Gasteiger partial charge is 0.409 e. The third kappa shape index (κ3) is 4.38. The van der Waals surface area contributed by atoms with Gasteiger partial charge in [-0.15, -0.1) is 0 Å². The van der Waals surface area contributed by atoms with E-state index in [2.05, 4.69) is 10.5 Å². The van der Waals surface area contributed by atoms with Crippen LogP contribution in [0.1, 0.15) is 26.7 Å².